The quantitative estimate of drug-likeness (QED) is 0.668. The summed E-state index contributed by atoms with van der Waals surface area (Å²) in [7, 11) is 0. The summed E-state index contributed by atoms with van der Waals surface area (Å²) in [5.74, 6) is -0.605. The van der Waals surface area contributed by atoms with E-state index in [1.807, 2.05) is 26.0 Å². The number of nitrogens with one attached hydrogen (secondary N) is 3. The van der Waals surface area contributed by atoms with Crippen molar-refractivity contribution in [3.8, 4) is 0 Å². The lowest BCUT2D eigenvalue weighted by atomic mass is 10.1. The number of carbonyl (C=O) groups is 1. The fraction of sp³-hybridized carbons (Fsp3) is 0.111. The van der Waals surface area contributed by atoms with E-state index in [2.05, 4.69) is 15.6 Å². The molecule has 122 valence electrons. The maximum absolute atomic E-state index is 14.1. The van der Waals surface area contributed by atoms with Gasteiger partial charge in [-0.15, -0.1) is 0 Å². The summed E-state index contributed by atoms with van der Waals surface area (Å²) in [6.45, 7) is 3.94. The number of pyridine rings is 1. The Morgan fingerprint density at radius 3 is 2.46 bits per heavy atom. The molecular formula is C18H16FN3O2. The third-order valence-electron chi connectivity index (χ3n) is 3.81. The van der Waals surface area contributed by atoms with Crippen molar-refractivity contribution >= 4 is 28.3 Å². The SMILES string of the molecule is Cc1ccc(NC(=O)Nc2cc(F)c3[nH]c(=O)ccc3c2)cc1C. The highest BCUT2D eigenvalue weighted by molar-refractivity contribution is 6.01. The highest BCUT2D eigenvalue weighted by Gasteiger charge is 2.08. The number of fused-ring (bicyclic) bond motifs is 1. The monoisotopic (exact) mass is 325 g/mol. The second-order valence-corrected chi connectivity index (χ2v) is 5.62. The second-order valence-electron chi connectivity index (χ2n) is 5.62. The number of benzene rings is 2. The zero-order valence-electron chi connectivity index (χ0n) is 13.2. The van der Waals surface area contributed by atoms with Gasteiger partial charge in [0.1, 0.15) is 5.82 Å². The number of urea groups is 1. The Hall–Kier alpha value is -3.15. The van der Waals surface area contributed by atoms with Gasteiger partial charge in [0.25, 0.3) is 0 Å². The van der Waals surface area contributed by atoms with Crippen LogP contribution in [0.1, 0.15) is 11.1 Å². The van der Waals surface area contributed by atoms with Gasteiger partial charge in [0.2, 0.25) is 5.56 Å². The molecule has 3 rings (SSSR count). The normalized spacial score (nSPS) is 10.6. The summed E-state index contributed by atoms with van der Waals surface area (Å²) in [4.78, 5) is 25.8. The van der Waals surface area contributed by atoms with E-state index in [9.17, 15) is 14.0 Å². The van der Waals surface area contributed by atoms with Gasteiger partial charge in [-0.05, 0) is 55.3 Å². The Balaban J connectivity index is 1.81. The number of halogens is 1. The summed E-state index contributed by atoms with van der Waals surface area (Å²) in [6.07, 6.45) is 0. The number of amides is 2. The molecule has 0 radical (unpaired) electrons. The van der Waals surface area contributed by atoms with E-state index in [0.29, 0.717) is 16.8 Å². The molecule has 0 saturated heterocycles. The molecule has 5 nitrogen and oxygen atoms in total. The minimum absolute atomic E-state index is 0.114. The lowest BCUT2D eigenvalue weighted by Gasteiger charge is -2.10. The van der Waals surface area contributed by atoms with Crippen molar-refractivity contribution in [1.82, 2.24) is 4.98 Å². The number of aromatic amines is 1. The van der Waals surface area contributed by atoms with Gasteiger partial charge in [0, 0.05) is 22.8 Å². The van der Waals surface area contributed by atoms with Crippen LogP contribution in [0.3, 0.4) is 0 Å². The number of H-pyrrole nitrogens is 1. The predicted octanol–water partition coefficient (Wildman–Crippen LogP) is 3.93. The molecule has 6 heteroatoms. The largest absolute Gasteiger partial charge is 0.323 e. The van der Waals surface area contributed by atoms with Crippen LogP contribution in [0.4, 0.5) is 20.6 Å². The Bertz CT molecular complexity index is 995. The molecule has 2 amide bonds. The molecule has 0 aliphatic carbocycles. The van der Waals surface area contributed by atoms with E-state index in [1.54, 1.807) is 12.1 Å². The van der Waals surface area contributed by atoms with Crippen molar-refractivity contribution in [3.05, 3.63) is 69.8 Å². The number of hydrogen-bond acceptors (Lipinski definition) is 2. The van der Waals surface area contributed by atoms with E-state index in [1.165, 1.54) is 12.1 Å². The summed E-state index contributed by atoms with van der Waals surface area (Å²) >= 11 is 0. The zero-order valence-corrected chi connectivity index (χ0v) is 13.2. The van der Waals surface area contributed by atoms with E-state index >= 15 is 0 Å². The summed E-state index contributed by atoms with van der Waals surface area (Å²) in [5.41, 5.74) is 2.88. The number of aryl methyl sites for hydroxylation is 2. The Morgan fingerprint density at radius 2 is 1.71 bits per heavy atom. The number of carbonyl (C=O) groups excluding carboxylic acids is 1. The van der Waals surface area contributed by atoms with Crippen molar-refractivity contribution in [2.75, 3.05) is 10.6 Å². The van der Waals surface area contributed by atoms with E-state index < -0.39 is 11.8 Å². The molecule has 3 N–H and O–H groups in total. The molecule has 2 aromatic carbocycles. The fourth-order valence-corrected chi connectivity index (χ4v) is 2.41. The first kappa shape index (κ1) is 15.7. The number of anilines is 2. The Morgan fingerprint density at radius 1 is 0.958 bits per heavy atom. The first-order valence-electron chi connectivity index (χ1n) is 7.40. The average molecular weight is 325 g/mol. The highest BCUT2D eigenvalue weighted by Crippen LogP contribution is 2.21. The van der Waals surface area contributed by atoms with Crippen molar-refractivity contribution in [1.29, 1.82) is 0 Å². The van der Waals surface area contributed by atoms with Crippen LogP contribution in [0.25, 0.3) is 10.9 Å². The molecule has 1 heterocycles. The van der Waals surface area contributed by atoms with Crippen molar-refractivity contribution in [3.63, 3.8) is 0 Å². The predicted molar refractivity (Wildman–Crippen MR) is 93.1 cm³/mol. The molecule has 0 aliphatic heterocycles. The summed E-state index contributed by atoms with van der Waals surface area (Å²) in [5, 5.41) is 5.79. The van der Waals surface area contributed by atoms with Crippen LogP contribution < -0.4 is 16.2 Å². The fourth-order valence-electron chi connectivity index (χ4n) is 2.41. The standard InChI is InChI=1S/C18H16FN3O2/c1-10-3-5-13(7-11(10)2)20-18(24)21-14-8-12-4-6-16(23)22-17(12)15(19)9-14/h3-9H,1-2H3,(H,22,23)(H2,20,21,24). The van der Waals surface area contributed by atoms with Crippen LogP contribution in [-0.4, -0.2) is 11.0 Å². The zero-order chi connectivity index (χ0) is 17.3. The molecule has 0 fully saturated rings. The third kappa shape index (κ3) is 3.27. The van der Waals surface area contributed by atoms with Crippen LogP contribution >= 0.6 is 0 Å². The second kappa shape index (κ2) is 6.16. The van der Waals surface area contributed by atoms with Crippen molar-refractivity contribution in [2.24, 2.45) is 0 Å². The Labute approximate surface area is 137 Å². The number of rotatable bonds is 2. The van der Waals surface area contributed by atoms with Crippen LogP contribution in [0.15, 0.2) is 47.3 Å². The first-order chi connectivity index (χ1) is 11.4. The molecule has 1 aromatic heterocycles. The number of hydrogen-bond donors (Lipinski definition) is 3. The first-order valence-corrected chi connectivity index (χ1v) is 7.40. The molecule has 0 bridgehead atoms. The third-order valence-corrected chi connectivity index (χ3v) is 3.81. The van der Waals surface area contributed by atoms with E-state index in [-0.39, 0.29) is 11.1 Å². The van der Waals surface area contributed by atoms with Crippen LogP contribution in [0.2, 0.25) is 0 Å². The van der Waals surface area contributed by atoms with Crippen molar-refractivity contribution < 1.29 is 9.18 Å². The molecule has 24 heavy (non-hydrogen) atoms. The molecule has 0 saturated carbocycles. The highest BCUT2D eigenvalue weighted by atomic mass is 19.1. The molecular weight excluding hydrogens is 309 g/mol. The molecule has 0 aliphatic rings. The minimum atomic E-state index is -0.605. The minimum Gasteiger partial charge on any atom is -0.319 e. The van der Waals surface area contributed by atoms with Crippen molar-refractivity contribution in [2.45, 2.75) is 13.8 Å². The maximum atomic E-state index is 14.1. The molecule has 0 spiro atoms. The molecule has 0 atom stereocenters. The lowest BCUT2D eigenvalue weighted by molar-refractivity contribution is 0.262. The van der Waals surface area contributed by atoms with Gasteiger partial charge in [-0.1, -0.05) is 6.07 Å². The van der Waals surface area contributed by atoms with Gasteiger partial charge >= 0.3 is 6.03 Å². The van der Waals surface area contributed by atoms with Gasteiger partial charge in [0.15, 0.2) is 0 Å². The average Bonchev–Trinajstić information content (AvgIpc) is 2.52. The van der Waals surface area contributed by atoms with E-state index in [0.717, 1.165) is 17.2 Å². The smallest absolute Gasteiger partial charge is 0.319 e. The van der Waals surface area contributed by atoms with Crippen LogP contribution in [0, 0.1) is 19.7 Å². The van der Waals surface area contributed by atoms with Gasteiger partial charge in [-0.2, -0.15) is 0 Å². The van der Waals surface area contributed by atoms with Gasteiger partial charge < -0.3 is 15.6 Å². The van der Waals surface area contributed by atoms with E-state index in [4.69, 9.17) is 0 Å². The molecule has 0 unspecified atom stereocenters. The maximum Gasteiger partial charge on any atom is 0.323 e. The van der Waals surface area contributed by atoms with Gasteiger partial charge in [-0.3, -0.25) is 4.79 Å². The summed E-state index contributed by atoms with van der Waals surface area (Å²) < 4.78 is 14.1. The van der Waals surface area contributed by atoms with Gasteiger partial charge in [0.05, 0.1) is 5.52 Å². The topological polar surface area (TPSA) is 74.0 Å². The lowest BCUT2D eigenvalue weighted by Crippen LogP contribution is -2.19. The Kier molecular flexibility index (Phi) is 4.04. The number of aromatic nitrogens is 1. The van der Waals surface area contributed by atoms with Crippen LogP contribution in [-0.2, 0) is 0 Å². The molecule has 3 aromatic rings. The van der Waals surface area contributed by atoms with Crippen LogP contribution in [0.5, 0.6) is 0 Å². The summed E-state index contributed by atoms with van der Waals surface area (Å²) in [6, 6.07) is 10.7. The van der Waals surface area contributed by atoms with Gasteiger partial charge in [-0.25, -0.2) is 9.18 Å².